The molecule has 0 aliphatic heterocycles. The summed E-state index contributed by atoms with van der Waals surface area (Å²) < 4.78 is 0. The zero-order valence-electron chi connectivity index (χ0n) is 11.1. The lowest BCUT2D eigenvalue weighted by atomic mass is 10.0. The number of benzene rings is 1. The molecule has 0 aromatic heterocycles. The molecule has 2 rings (SSSR count). The maximum Gasteiger partial charge on any atom is 0.139 e. The molecule has 0 unspecified atom stereocenters. The van der Waals surface area contributed by atoms with Gasteiger partial charge in [0.05, 0.1) is 0 Å². The van der Waals surface area contributed by atoms with Gasteiger partial charge in [0.2, 0.25) is 0 Å². The quantitative estimate of drug-likeness (QED) is 0.365. The first kappa shape index (κ1) is 14.2. The van der Waals surface area contributed by atoms with Crippen LogP contribution in [0.1, 0.15) is 24.8 Å². The molecule has 1 aliphatic rings. The van der Waals surface area contributed by atoms with Crippen molar-refractivity contribution < 1.29 is 5.21 Å². The Morgan fingerprint density at radius 1 is 1.47 bits per heavy atom. The van der Waals surface area contributed by atoms with Gasteiger partial charge in [-0.25, -0.2) is 0 Å². The van der Waals surface area contributed by atoms with E-state index in [0.717, 1.165) is 36.5 Å². The van der Waals surface area contributed by atoms with Gasteiger partial charge >= 0.3 is 0 Å². The molecule has 0 spiro atoms. The number of halogens is 1. The highest BCUT2D eigenvalue weighted by molar-refractivity contribution is 6.31. The molecule has 5 heteroatoms. The molecule has 0 heterocycles. The zero-order chi connectivity index (χ0) is 13.9. The molecule has 0 saturated heterocycles. The first-order valence-electron chi connectivity index (χ1n) is 6.43. The highest BCUT2D eigenvalue weighted by Crippen LogP contribution is 2.49. The Bertz CT molecular complexity index is 472. The van der Waals surface area contributed by atoms with Crippen molar-refractivity contribution in [1.29, 1.82) is 0 Å². The molecule has 1 saturated carbocycles. The van der Waals surface area contributed by atoms with Crippen LogP contribution in [-0.4, -0.2) is 29.5 Å². The summed E-state index contributed by atoms with van der Waals surface area (Å²) in [5.74, 6) is 0.323. The minimum Gasteiger partial charge on any atom is -0.409 e. The molecular formula is C14H20ClN3O. The second kappa shape index (κ2) is 5.80. The van der Waals surface area contributed by atoms with Crippen LogP contribution in [0.2, 0.25) is 5.02 Å². The van der Waals surface area contributed by atoms with E-state index in [0.29, 0.717) is 12.3 Å². The Labute approximate surface area is 118 Å². The van der Waals surface area contributed by atoms with Crippen molar-refractivity contribution in [2.24, 2.45) is 16.3 Å². The maximum absolute atomic E-state index is 8.66. The highest BCUT2D eigenvalue weighted by Gasteiger charge is 2.44. The van der Waals surface area contributed by atoms with Gasteiger partial charge in [0, 0.05) is 24.5 Å². The third-order valence-corrected chi connectivity index (χ3v) is 4.01. The third kappa shape index (κ3) is 3.85. The van der Waals surface area contributed by atoms with Gasteiger partial charge in [-0.15, -0.1) is 0 Å². The van der Waals surface area contributed by atoms with Crippen LogP contribution in [0.3, 0.4) is 0 Å². The van der Waals surface area contributed by atoms with Gasteiger partial charge in [0.1, 0.15) is 5.84 Å². The van der Waals surface area contributed by atoms with Gasteiger partial charge in [-0.05, 0) is 36.9 Å². The maximum atomic E-state index is 8.66. The van der Waals surface area contributed by atoms with Crippen molar-refractivity contribution in [2.45, 2.75) is 25.8 Å². The summed E-state index contributed by atoms with van der Waals surface area (Å²) in [5, 5.41) is 12.5. The van der Waals surface area contributed by atoms with Crippen LogP contribution in [0.4, 0.5) is 0 Å². The number of hydrogen-bond acceptors (Lipinski definition) is 3. The predicted octanol–water partition coefficient (Wildman–Crippen LogP) is 2.69. The molecule has 104 valence electrons. The molecule has 1 fully saturated rings. The van der Waals surface area contributed by atoms with E-state index in [1.54, 1.807) is 0 Å². The lowest BCUT2D eigenvalue weighted by molar-refractivity contribution is 0.256. The van der Waals surface area contributed by atoms with E-state index in [1.165, 1.54) is 0 Å². The monoisotopic (exact) mass is 281 g/mol. The van der Waals surface area contributed by atoms with Crippen molar-refractivity contribution in [3.05, 3.63) is 34.9 Å². The minimum atomic E-state index is 0.187. The average Bonchev–Trinajstić information content (AvgIpc) is 3.11. The molecule has 0 atom stereocenters. The van der Waals surface area contributed by atoms with Gasteiger partial charge in [-0.3, -0.25) is 0 Å². The van der Waals surface area contributed by atoms with Gasteiger partial charge in [-0.2, -0.15) is 0 Å². The first-order chi connectivity index (χ1) is 9.04. The van der Waals surface area contributed by atoms with Crippen molar-refractivity contribution >= 4 is 17.4 Å². The molecule has 0 radical (unpaired) electrons. The first-order valence-corrected chi connectivity index (χ1v) is 6.81. The summed E-state index contributed by atoms with van der Waals surface area (Å²) in [6.45, 7) is 1.76. The van der Waals surface area contributed by atoms with Crippen LogP contribution in [0.5, 0.6) is 0 Å². The normalized spacial score (nSPS) is 17.7. The number of rotatable bonds is 6. The summed E-state index contributed by atoms with van der Waals surface area (Å²) in [5.41, 5.74) is 6.93. The molecule has 1 aromatic carbocycles. The smallest absolute Gasteiger partial charge is 0.139 e. The van der Waals surface area contributed by atoms with E-state index in [9.17, 15) is 0 Å². The van der Waals surface area contributed by atoms with E-state index >= 15 is 0 Å². The summed E-state index contributed by atoms with van der Waals surface area (Å²) >= 11 is 6.16. The molecule has 0 bridgehead atoms. The lowest BCUT2D eigenvalue weighted by Gasteiger charge is -2.23. The molecule has 0 amide bonds. The molecule has 3 N–H and O–H groups in total. The summed E-state index contributed by atoms with van der Waals surface area (Å²) in [6, 6.07) is 7.89. The van der Waals surface area contributed by atoms with Crippen molar-refractivity contribution in [3.63, 3.8) is 0 Å². The molecule has 1 aromatic rings. The third-order valence-electron chi connectivity index (χ3n) is 3.65. The number of oxime groups is 1. The zero-order valence-corrected chi connectivity index (χ0v) is 11.9. The van der Waals surface area contributed by atoms with Crippen molar-refractivity contribution in [3.8, 4) is 0 Å². The number of amidine groups is 1. The number of nitrogens with two attached hydrogens (primary N) is 1. The fourth-order valence-corrected chi connectivity index (χ4v) is 2.73. The van der Waals surface area contributed by atoms with Crippen molar-refractivity contribution in [1.82, 2.24) is 4.90 Å². The van der Waals surface area contributed by atoms with Crippen LogP contribution < -0.4 is 5.73 Å². The molecule has 4 nitrogen and oxygen atoms in total. The topological polar surface area (TPSA) is 61.8 Å². The highest BCUT2D eigenvalue weighted by atomic mass is 35.5. The summed E-state index contributed by atoms with van der Waals surface area (Å²) in [6.07, 6.45) is 2.93. The predicted molar refractivity (Wildman–Crippen MR) is 77.5 cm³/mol. The summed E-state index contributed by atoms with van der Waals surface area (Å²) in [7, 11) is 2.08. The fraction of sp³-hybridized carbons (Fsp3) is 0.500. The van der Waals surface area contributed by atoms with Crippen LogP contribution in [-0.2, 0) is 6.54 Å². The van der Waals surface area contributed by atoms with Gasteiger partial charge in [0.25, 0.3) is 0 Å². The van der Waals surface area contributed by atoms with E-state index in [1.807, 2.05) is 24.3 Å². The SMILES string of the molecule is CN(Cc1ccccc1Cl)CC1(CC(N)=NO)CC1. The standard InChI is InChI=1S/C14H20ClN3O/c1-18(9-11-4-2-3-5-12(11)15)10-14(6-7-14)8-13(16)17-19/h2-5,19H,6-10H2,1H3,(H2,16,17). The lowest BCUT2D eigenvalue weighted by Crippen LogP contribution is -2.30. The molecule has 1 aliphatic carbocycles. The Balaban J connectivity index is 1.91. The summed E-state index contributed by atoms with van der Waals surface area (Å²) in [4.78, 5) is 2.25. The van der Waals surface area contributed by atoms with Gasteiger partial charge < -0.3 is 15.8 Å². The van der Waals surface area contributed by atoms with Gasteiger partial charge in [0.15, 0.2) is 0 Å². The second-order valence-electron chi connectivity index (χ2n) is 5.53. The molecular weight excluding hydrogens is 262 g/mol. The number of hydrogen-bond donors (Lipinski definition) is 2. The minimum absolute atomic E-state index is 0.187. The van der Waals surface area contributed by atoms with E-state index in [-0.39, 0.29) is 5.41 Å². The Morgan fingerprint density at radius 3 is 2.74 bits per heavy atom. The van der Waals surface area contributed by atoms with E-state index < -0.39 is 0 Å². The van der Waals surface area contributed by atoms with Crippen LogP contribution in [0.25, 0.3) is 0 Å². The largest absolute Gasteiger partial charge is 0.409 e. The van der Waals surface area contributed by atoms with Crippen LogP contribution >= 0.6 is 11.6 Å². The van der Waals surface area contributed by atoms with Crippen molar-refractivity contribution in [2.75, 3.05) is 13.6 Å². The van der Waals surface area contributed by atoms with E-state index in [4.69, 9.17) is 22.5 Å². The molecule has 19 heavy (non-hydrogen) atoms. The Hall–Kier alpha value is -1.26. The number of nitrogens with zero attached hydrogens (tertiary/aromatic N) is 2. The average molecular weight is 282 g/mol. The Morgan fingerprint density at radius 2 is 2.16 bits per heavy atom. The van der Waals surface area contributed by atoms with Crippen LogP contribution in [0.15, 0.2) is 29.4 Å². The van der Waals surface area contributed by atoms with Gasteiger partial charge in [-0.1, -0.05) is 35.0 Å². The Kier molecular flexibility index (Phi) is 4.32. The fourth-order valence-electron chi connectivity index (χ4n) is 2.53. The second-order valence-corrected chi connectivity index (χ2v) is 5.94. The van der Waals surface area contributed by atoms with E-state index in [2.05, 4.69) is 17.1 Å². The van der Waals surface area contributed by atoms with Crippen LogP contribution in [0, 0.1) is 5.41 Å².